The van der Waals surface area contributed by atoms with E-state index < -0.39 is 11.4 Å². The number of amides is 2. The molecule has 2 amide bonds. The smallest absolute Gasteiger partial charge is 0.317 e. The van der Waals surface area contributed by atoms with Gasteiger partial charge in [-0.1, -0.05) is 23.7 Å². The zero-order valence-corrected chi connectivity index (χ0v) is 24.1. The van der Waals surface area contributed by atoms with Crippen LogP contribution in [-0.2, 0) is 15.1 Å². The molecule has 1 heterocycles. The number of benzene rings is 1. The minimum absolute atomic E-state index is 0.00216. The molecule has 1 saturated carbocycles. The van der Waals surface area contributed by atoms with Crippen LogP contribution in [0.25, 0.3) is 0 Å². The molecule has 1 aromatic rings. The Balaban J connectivity index is 1.69. The van der Waals surface area contributed by atoms with E-state index in [0.29, 0.717) is 57.5 Å². The van der Waals surface area contributed by atoms with E-state index in [1.54, 1.807) is 31.3 Å². The Morgan fingerprint density at radius 1 is 1.24 bits per heavy atom. The monoisotopic (exact) mass is 555 g/mol. The minimum atomic E-state index is -1.42. The van der Waals surface area contributed by atoms with Gasteiger partial charge in [0.2, 0.25) is 0 Å². The summed E-state index contributed by atoms with van der Waals surface area (Å²) in [6, 6.07) is 4.70. The number of ether oxygens (including phenoxy) is 2. The summed E-state index contributed by atoms with van der Waals surface area (Å²) >= 11 is 6.11. The van der Waals surface area contributed by atoms with E-state index in [9.17, 15) is 9.90 Å². The number of halogens is 2. The fourth-order valence-corrected chi connectivity index (χ4v) is 6.47. The van der Waals surface area contributed by atoms with Gasteiger partial charge in [0, 0.05) is 58.0 Å². The van der Waals surface area contributed by atoms with Crippen LogP contribution in [0, 0.1) is 17.7 Å². The maximum Gasteiger partial charge on any atom is 0.317 e. The SMILES string of the molecule is CNCC(CC1CCC(OC)CC1)NC(=O)N1CCC[C@@H]([C@@](O)(CCCCOC)c2cccc(Cl)c2F)C1. The molecule has 1 aliphatic carbocycles. The van der Waals surface area contributed by atoms with Gasteiger partial charge in [-0.05, 0) is 83.2 Å². The Morgan fingerprint density at radius 2 is 2.00 bits per heavy atom. The lowest BCUT2D eigenvalue weighted by atomic mass is 9.74. The number of nitrogens with zero attached hydrogens (tertiary/aromatic N) is 1. The van der Waals surface area contributed by atoms with E-state index in [-0.39, 0.29) is 28.6 Å². The van der Waals surface area contributed by atoms with E-state index >= 15 is 4.39 Å². The number of methoxy groups -OCH3 is 2. The molecule has 3 atom stereocenters. The molecular weight excluding hydrogens is 509 g/mol. The van der Waals surface area contributed by atoms with Crippen molar-refractivity contribution in [2.24, 2.45) is 11.8 Å². The number of unbranched alkanes of at least 4 members (excludes halogenated alkanes) is 1. The summed E-state index contributed by atoms with van der Waals surface area (Å²) in [6.07, 6.45) is 8.91. The molecule has 0 spiro atoms. The lowest BCUT2D eigenvalue weighted by molar-refractivity contribution is -0.0587. The molecule has 7 nitrogen and oxygen atoms in total. The van der Waals surface area contributed by atoms with Crippen molar-refractivity contribution in [3.63, 3.8) is 0 Å². The van der Waals surface area contributed by atoms with Gasteiger partial charge in [-0.2, -0.15) is 0 Å². The average Bonchev–Trinajstić information content (AvgIpc) is 2.93. The highest BCUT2D eigenvalue weighted by atomic mass is 35.5. The van der Waals surface area contributed by atoms with Crippen molar-refractivity contribution in [1.29, 1.82) is 0 Å². The third kappa shape index (κ3) is 8.28. The summed E-state index contributed by atoms with van der Waals surface area (Å²) in [6.45, 7) is 2.26. The molecule has 2 aliphatic rings. The Labute approximate surface area is 232 Å². The van der Waals surface area contributed by atoms with Crippen molar-refractivity contribution in [2.45, 2.75) is 82.0 Å². The number of piperidine rings is 1. The van der Waals surface area contributed by atoms with E-state index in [4.69, 9.17) is 21.1 Å². The fraction of sp³-hybridized carbons (Fsp3) is 0.759. The molecular formula is C29H47ClFN3O4. The molecule has 2 fully saturated rings. The summed E-state index contributed by atoms with van der Waals surface area (Å²) < 4.78 is 25.9. The normalized spacial score (nSPS) is 24.6. The number of carbonyl (C=O) groups is 1. The van der Waals surface area contributed by atoms with Gasteiger partial charge in [-0.15, -0.1) is 0 Å². The molecule has 0 radical (unpaired) electrons. The summed E-state index contributed by atoms with van der Waals surface area (Å²) in [5, 5.41) is 18.5. The van der Waals surface area contributed by atoms with Crippen LogP contribution in [0.4, 0.5) is 9.18 Å². The number of hydrogen-bond donors (Lipinski definition) is 3. The second kappa shape index (κ2) is 15.4. The maximum absolute atomic E-state index is 15.2. The van der Waals surface area contributed by atoms with Crippen molar-refractivity contribution in [2.75, 3.05) is 47.5 Å². The topological polar surface area (TPSA) is 83.1 Å². The maximum atomic E-state index is 15.2. The zero-order valence-electron chi connectivity index (χ0n) is 23.3. The Kier molecular flexibility index (Phi) is 12.6. The number of rotatable bonds is 13. The lowest BCUT2D eigenvalue weighted by Crippen LogP contribution is -2.54. The van der Waals surface area contributed by atoms with E-state index in [0.717, 1.165) is 44.9 Å². The molecule has 1 unspecified atom stereocenters. The number of hydrogen-bond acceptors (Lipinski definition) is 5. The first-order valence-electron chi connectivity index (χ1n) is 14.2. The van der Waals surface area contributed by atoms with Crippen molar-refractivity contribution in [3.05, 3.63) is 34.6 Å². The van der Waals surface area contributed by atoms with Crippen molar-refractivity contribution >= 4 is 17.6 Å². The molecule has 9 heteroatoms. The lowest BCUT2D eigenvalue weighted by Gasteiger charge is -2.43. The molecule has 38 heavy (non-hydrogen) atoms. The molecule has 1 saturated heterocycles. The first kappa shape index (κ1) is 31.1. The van der Waals surface area contributed by atoms with Gasteiger partial charge < -0.3 is 30.1 Å². The van der Waals surface area contributed by atoms with Gasteiger partial charge in [0.05, 0.1) is 16.7 Å². The average molecular weight is 556 g/mol. The number of urea groups is 1. The number of nitrogens with one attached hydrogen (secondary N) is 2. The third-order valence-corrected chi connectivity index (χ3v) is 8.77. The van der Waals surface area contributed by atoms with E-state index in [1.165, 1.54) is 6.07 Å². The summed E-state index contributed by atoms with van der Waals surface area (Å²) in [7, 11) is 5.33. The first-order chi connectivity index (χ1) is 18.3. The highest BCUT2D eigenvalue weighted by molar-refractivity contribution is 6.30. The standard InChI is InChI=1S/C29H47ClFN3O4/c1-32-19-23(18-21-11-13-24(38-3)14-12-21)33-28(35)34-16-7-8-22(20-34)29(36,15-4-5-17-37-2)25-9-6-10-26(30)27(25)31/h6,9-10,21-24,32,36H,4-5,7-8,11-20H2,1-3H3,(H,33,35)/t21?,22-,23?,24?,29+/m1/s1. The van der Waals surface area contributed by atoms with Crippen molar-refractivity contribution in [1.82, 2.24) is 15.5 Å². The highest BCUT2D eigenvalue weighted by Gasteiger charge is 2.43. The van der Waals surface area contributed by atoms with Crippen LogP contribution in [0.5, 0.6) is 0 Å². The van der Waals surface area contributed by atoms with Gasteiger partial charge in [-0.3, -0.25) is 0 Å². The van der Waals surface area contributed by atoms with Gasteiger partial charge >= 0.3 is 6.03 Å². The molecule has 0 bridgehead atoms. The Bertz CT molecular complexity index is 870. The predicted octanol–water partition coefficient (Wildman–Crippen LogP) is 5.09. The fourth-order valence-electron chi connectivity index (χ4n) is 6.30. The van der Waals surface area contributed by atoms with Crippen LogP contribution in [0.1, 0.15) is 69.8 Å². The Hall–Kier alpha value is -1.45. The zero-order chi connectivity index (χ0) is 27.5. The van der Waals surface area contributed by atoms with Crippen molar-refractivity contribution < 1.29 is 23.8 Å². The largest absolute Gasteiger partial charge is 0.385 e. The van der Waals surface area contributed by atoms with Crippen LogP contribution in [-0.4, -0.2) is 75.7 Å². The number of likely N-dealkylation sites (tertiary alicyclic amines) is 1. The van der Waals surface area contributed by atoms with Crippen LogP contribution in [0.15, 0.2) is 18.2 Å². The predicted molar refractivity (Wildman–Crippen MR) is 149 cm³/mol. The van der Waals surface area contributed by atoms with Gasteiger partial charge in [0.15, 0.2) is 0 Å². The van der Waals surface area contributed by atoms with Crippen LogP contribution < -0.4 is 10.6 Å². The molecule has 1 aromatic carbocycles. The number of carbonyl (C=O) groups excluding carboxylic acids is 1. The molecule has 3 N–H and O–H groups in total. The Morgan fingerprint density at radius 3 is 2.68 bits per heavy atom. The van der Waals surface area contributed by atoms with Gasteiger partial charge in [0.25, 0.3) is 0 Å². The first-order valence-corrected chi connectivity index (χ1v) is 14.6. The van der Waals surface area contributed by atoms with Crippen LogP contribution in [0.3, 0.4) is 0 Å². The highest BCUT2D eigenvalue weighted by Crippen LogP contribution is 2.42. The second-order valence-corrected chi connectivity index (χ2v) is 11.5. The molecule has 0 aromatic heterocycles. The third-order valence-electron chi connectivity index (χ3n) is 8.48. The number of aliphatic hydroxyl groups is 1. The summed E-state index contributed by atoms with van der Waals surface area (Å²) in [5.41, 5.74) is -1.21. The van der Waals surface area contributed by atoms with Gasteiger partial charge in [-0.25, -0.2) is 9.18 Å². The van der Waals surface area contributed by atoms with Crippen LogP contribution in [0.2, 0.25) is 5.02 Å². The molecule has 3 rings (SSSR count). The number of likely N-dealkylation sites (N-methyl/N-ethyl adjacent to an activating group) is 1. The molecule has 1 aliphatic heterocycles. The summed E-state index contributed by atoms with van der Waals surface area (Å²) in [4.78, 5) is 15.2. The summed E-state index contributed by atoms with van der Waals surface area (Å²) in [5.74, 6) is -0.316. The van der Waals surface area contributed by atoms with E-state index in [1.807, 2.05) is 7.05 Å². The van der Waals surface area contributed by atoms with Gasteiger partial charge in [0.1, 0.15) is 5.82 Å². The molecule has 216 valence electrons. The quantitative estimate of drug-likeness (QED) is 0.295. The second-order valence-electron chi connectivity index (χ2n) is 11.1. The van der Waals surface area contributed by atoms with Crippen molar-refractivity contribution in [3.8, 4) is 0 Å². The van der Waals surface area contributed by atoms with Crippen LogP contribution >= 0.6 is 11.6 Å². The van der Waals surface area contributed by atoms with E-state index in [2.05, 4.69) is 10.6 Å². The minimum Gasteiger partial charge on any atom is -0.385 e.